The van der Waals surface area contributed by atoms with Gasteiger partial charge in [0, 0.05) is 57.2 Å². The Kier molecular flexibility index (Phi) is 5.53. The molecule has 0 atom stereocenters. The number of ether oxygens (including phenoxy) is 2. The van der Waals surface area contributed by atoms with Crippen molar-refractivity contribution in [1.29, 1.82) is 0 Å². The molecule has 0 radical (unpaired) electrons. The highest BCUT2D eigenvalue weighted by Crippen LogP contribution is 2.46. The Morgan fingerprint density at radius 2 is 1.97 bits per heavy atom. The minimum atomic E-state index is -1.07. The molecule has 1 spiro atoms. The summed E-state index contributed by atoms with van der Waals surface area (Å²) in [6.07, 6.45) is 4.30. The maximum absolute atomic E-state index is 15.2. The van der Waals surface area contributed by atoms with Gasteiger partial charge < -0.3 is 19.3 Å². The number of hydrogen-bond donors (Lipinski definition) is 1. The molecule has 0 unspecified atom stereocenters. The van der Waals surface area contributed by atoms with Crippen LogP contribution in [0, 0.1) is 5.82 Å². The largest absolute Gasteiger partial charge is 0.484 e. The molecule has 1 N–H and O–H groups in total. The van der Waals surface area contributed by atoms with Gasteiger partial charge in [-0.1, -0.05) is 0 Å². The highest BCUT2D eigenvalue weighted by atomic mass is 19.1. The van der Waals surface area contributed by atoms with Crippen molar-refractivity contribution in [1.82, 2.24) is 14.9 Å². The lowest BCUT2D eigenvalue weighted by atomic mass is 9.83. The summed E-state index contributed by atoms with van der Waals surface area (Å²) in [4.78, 5) is 47.8. The smallest absolute Gasteiger partial charge is 0.339 e. The number of amides is 1. The number of piperidine rings is 1. The first-order valence-corrected chi connectivity index (χ1v) is 11.5. The zero-order valence-electron chi connectivity index (χ0n) is 19.3. The standard InChI is InChI=1S/C24H27FN4O5/c1-28(2)19(30)13-33-14-11-16-20(17(25)12-14)24(34-22(16)32)7-9-29(10-8-24)23-26-18-6-4-3-5-15(18)21(31)27-23/h11-12H,3-10,13H2,1-2H3,(H,26,27,31). The normalized spacial score (nSPS) is 18.3. The van der Waals surface area contributed by atoms with Gasteiger partial charge in [-0.15, -0.1) is 0 Å². The number of hydrogen-bond acceptors (Lipinski definition) is 7. The van der Waals surface area contributed by atoms with Gasteiger partial charge in [-0.2, -0.15) is 0 Å². The van der Waals surface area contributed by atoms with E-state index < -0.39 is 17.4 Å². The van der Waals surface area contributed by atoms with Crippen molar-refractivity contribution in [2.45, 2.75) is 44.1 Å². The molecule has 0 bridgehead atoms. The molecule has 1 saturated heterocycles. The summed E-state index contributed by atoms with van der Waals surface area (Å²) in [6.45, 7) is 0.638. The SMILES string of the molecule is CN(C)C(=O)COc1cc(F)c2c(c1)C(=O)OC21CCN(c2nc3c(c(=O)[nH]2)CCCC3)CC1. The number of nitrogens with zero attached hydrogens (tertiary/aromatic N) is 3. The topological polar surface area (TPSA) is 105 Å². The summed E-state index contributed by atoms with van der Waals surface area (Å²) in [7, 11) is 3.19. The predicted octanol–water partition coefficient (Wildman–Crippen LogP) is 1.92. The number of carbonyl (C=O) groups excluding carboxylic acids is 2. The van der Waals surface area contributed by atoms with E-state index in [9.17, 15) is 14.4 Å². The van der Waals surface area contributed by atoms with E-state index in [0.717, 1.165) is 36.9 Å². The van der Waals surface area contributed by atoms with E-state index in [1.807, 2.05) is 4.90 Å². The molecule has 0 saturated carbocycles. The van der Waals surface area contributed by atoms with Gasteiger partial charge in [0.2, 0.25) is 5.95 Å². The molecular formula is C24H27FN4O5. The van der Waals surface area contributed by atoms with Crippen LogP contribution in [-0.2, 0) is 28.0 Å². The van der Waals surface area contributed by atoms with E-state index in [0.29, 0.717) is 31.9 Å². The molecular weight excluding hydrogens is 443 g/mol. The first kappa shape index (κ1) is 22.4. The van der Waals surface area contributed by atoms with Crippen molar-refractivity contribution in [2.24, 2.45) is 0 Å². The molecule has 9 nitrogen and oxygen atoms in total. The number of H-pyrrole nitrogens is 1. The summed E-state index contributed by atoms with van der Waals surface area (Å²) < 4.78 is 26.3. The van der Waals surface area contributed by atoms with Crippen LogP contribution < -0.4 is 15.2 Å². The summed E-state index contributed by atoms with van der Waals surface area (Å²) >= 11 is 0. The average molecular weight is 471 g/mol. The van der Waals surface area contributed by atoms with Crippen molar-refractivity contribution in [3.05, 3.63) is 50.7 Å². The first-order chi connectivity index (χ1) is 16.3. The molecule has 3 heterocycles. The van der Waals surface area contributed by atoms with E-state index in [1.54, 1.807) is 14.1 Å². The number of likely N-dealkylation sites (N-methyl/N-ethyl adjacent to an activating group) is 1. The summed E-state index contributed by atoms with van der Waals surface area (Å²) in [5, 5.41) is 0. The second-order valence-electron chi connectivity index (χ2n) is 9.30. The molecule has 10 heteroatoms. The van der Waals surface area contributed by atoms with Crippen molar-refractivity contribution < 1.29 is 23.5 Å². The van der Waals surface area contributed by atoms with E-state index in [4.69, 9.17) is 9.47 Å². The number of esters is 1. The third kappa shape index (κ3) is 3.80. The molecule has 180 valence electrons. The zero-order chi connectivity index (χ0) is 24.0. The van der Waals surface area contributed by atoms with Crippen LogP contribution in [0.25, 0.3) is 0 Å². The van der Waals surface area contributed by atoms with Crippen LogP contribution in [-0.4, -0.2) is 60.5 Å². The molecule has 3 aliphatic rings. The molecule has 2 aromatic rings. The van der Waals surface area contributed by atoms with Crippen LogP contribution in [0.5, 0.6) is 5.75 Å². The number of benzene rings is 1. The lowest BCUT2D eigenvalue weighted by Crippen LogP contribution is -2.44. The molecule has 2 aliphatic heterocycles. The van der Waals surface area contributed by atoms with Gasteiger partial charge in [-0.3, -0.25) is 14.6 Å². The van der Waals surface area contributed by atoms with Gasteiger partial charge in [-0.05, 0) is 31.7 Å². The third-order valence-electron chi connectivity index (χ3n) is 6.94. The number of carbonyl (C=O) groups is 2. The van der Waals surface area contributed by atoms with Gasteiger partial charge >= 0.3 is 5.97 Å². The van der Waals surface area contributed by atoms with E-state index in [-0.39, 0.29) is 34.9 Å². The minimum Gasteiger partial charge on any atom is -0.484 e. The van der Waals surface area contributed by atoms with Gasteiger partial charge in [0.15, 0.2) is 6.61 Å². The highest BCUT2D eigenvalue weighted by molar-refractivity contribution is 5.95. The van der Waals surface area contributed by atoms with E-state index in [1.165, 1.54) is 17.0 Å². The maximum atomic E-state index is 15.2. The fourth-order valence-corrected chi connectivity index (χ4v) is 5.02. The lowest BCUT2D eigenvalue weighted by Gasteiger charge is -2.39. The molecule has 1 aromatic heterocycles. The number of aryl methyl sites for hydroxylation is 1. The predicted molar refractivity (Wildman–Crippen MR) is 121 cm³/mol. The summed E-state index contributed by atoms with van der Waals surface area (Å²) in [5.74, 6) is -0.855. The van der Waals surface area contributed by atoms with Crippen molar-refractivity contribution in [2.75, 3.05) is 38.7 Å². The number of anilines is 1. The second kappa shape index (κ2) is 8.41. The van der Waals surface area contributed by atoms with Gasteiger partial charge in [0.1, 0.15) is 17.2 Å². The van der Waals surface area contributed by atoms with Crippen LogP contribution in [0.3, 0.4) is 0 Å². The molecule has 1 fully saturated rings. The van der Waals surface area contributed by atoms with Crippen molar-refractivity contribution in [3.8, 4) is 5.75 Å². The lowest BCUT2D eigenvalue weighted by molar-refractivity contribution is -0.130. The number of aromatic nitrogens is 2. The zero-order valence-corrected chi connectivity index (χ0v) is 19.3. The molecule has 1 amide bonds. The molecule has 1 aromatic carbocycles. The van der Waals surface area contributed by atoms with Gasteiger partial charge in [-0.25, -0.2) is 14.2 Å². The Labute approximate surface area is 195 Å². The average Bonchev–Trinajstić information content (AvgIpc) is 3.09. The number of rotatable bonds is 4. The van der Waals surface area contributed by atoms with Crippen LogP contribution in [0.2, 0.25) is 0 Å². The molecule has 1 aliphatic carbocycles. The molecule has 5 rings (SSSR count). The molecule has 34 heavy (non-hydrogen) atoms. The fourth-order valence-electron chi connectivity index (χ4n) is 5.02. The number of nitrogens with one attached hydrogen (secondary N) is 1. The van der Waals surface area contributed by atoms with Gasteiger partial charge in [0.05, 0.1) is 11.3 Å². The second-order valence-corrected chi connectivity index (χ2v) is 9.30. The maximum Gasteiger partial charge on any atom is 0.339 e. The Hall–Kier alpha value is -3.43. The number of aromatic amines is 1. The number of fused-ring (bicyclic) bond motifs is 3. The third-order valence-corrected chi connectivity index (χ3v) is 6.94. The van der Waals surface area contributed by atoms with Crippen LogP contribution in [0.1, 0.15) is 52.9 Å². The van der Waals surface area contributed by atoms with Crippen LogP contribution in [0.15, 0.2) is 16.9 Å². The fraction of sp³-hybridized carbons (Fsp3) is 0.500. The number of halogens is 1. The Morgan fingerprint density at radius 3 is 2.71 bits per heavy atom. The van der Waals surface area contributed by atoms with Crippen molar-refractivity contribution in [3.63, 3.8) is 0 Å². The minimum absolute atomic E-state index is 0.0936. The van der Waals surface area contributed by atoms with E-state index in [2.05, 4.69) is 9.97 Å². The van der Waals surface area contributed by atoms with Crippen LogP contribution in [0.4, 0.5) is 10.3 Å². The van der Waals surface area contributed by atoms with Crippen LogP contribution >= 0.6 is 0 Å². The van der Waals surface area contributed by atoms with E-state index >= 15 is 4.39 Å². The van der Waals surface area contributed by atoms with Crippen molar-refractivity contribution >= 4 is 17.8 Å². The van der Waals surface area contributed by atoms with Gasteiger partial charge in [0.25, 0.3) is 11.5 Å². The highest BCUT2D eigenvalue weighted by Gasteiger charge is 2.50. The summed E-state index contributed by atoms with van der Waals surface area (Å²) in [5.41, 5.74) is 0.823. The quantitative estimate of drug-likeness (QED) is 0.681. The summed E-state index contributed by atoms with van der Waals surface area (Å²) in [6, 6.07) is 2.63. The Morgan fingerprint density at radius 1 is 1.24 bits per heavy atom. The Bertz CT molecular complexity index is 1220. The monoisotopic (exact) mass is 470 g/mol. The Balaban J connectivity index is 1.36. The first-order valence-electron chi connectivity index (χ1n) is 11.5.